The molecule has 1 fully saturated rings. The molecule has 0 spiro atoms. The van der Waals surface area contributed by atoms with Gasteiger partial charge in [-0.2, -0.15) is 0 Å². The summed E-state index contributed by atoms with van der Waals surface area (Å²) in [5.41, 5.74) is 7.17. The highest BCUT2D eigenvalue weighted by Gasteiger charge is 2.32. The van der Waals surface area contributed by atoms with E-state index in [1.165, 1.54) is 0 Å². The first-order valence-corrected chi connectivity index (χ1v) is 8.06. The zero-order valence-corrected chi connectivity index (χ0v) is 11.8. The molecule has 18 heavy (non-hydrogen) atoms. The van der Waals surface area contributed by atoms with Crippen molar-refractivity contribution in [1.29, 1.82) is 0 Å². The SMILES string of the molecule is Cc1cccc(S(=O)(=O)C2CCC(C)CC2)c1N. The van der Waals surface area contributed by atoms with E-state index >= 15 is 0 Å². The Kier molecular flexibility index (Phi) is 3.66. The number of aryl methyl sites for hydroxylation is 1. The fourth-order valence-electron chi connectivity index (χ4n) is 2.62. The van der Waals surface area contributed by atoms with Crippen LogP contribution in [0.2, 0.25) is 0 Å². The number of nitrogens with two attached hydrogens (primary N) is 1. The van der Waals surface area contributed by atoms with Crippen LogP contribution in [-0.2, 0) is 9.84 Å². The Morgan fingerprint density at radius 3 is 2.39 bits per heavy atom. The summed E-state index contributed by atoms with van der Waals surface area (Å²) in [7, 11) is -3.26. The molecular formula is C14H21NO2S. The molecule has 1 aliphatic rings. The van der Waals surface area contributed by atoms with Crippen LogP contribution in [0, 0.1) is 12.8 Å². The number of hydrogen-bond donors (Lipinski definition) is 1. The van der Waals surface area contributed by atoms with Crippen LogP contribution in [0.5, 0.6) is 0 Å². The lowest BCUT2D eigenvalue weighted by Crippen LogP contribution is -2.27. The summed E-state index contributed by atoms with van der Waals surface area (Å²) in [6, 6.07) is 5.25. The predicted octanol–water partition coefficient (Wildman–Crippen LogP) is 2.93. The van der Waals surface area contributed by atoms with Crippen molar-refractivity contribution in [2.24, 2.45) is 5.92 Å². The quantitative estimate of drug-likeness (QED) is 0.838. The minimum absolute atomic E-state index is 0.252. The average molecular weight is 267 g/mol. The summed E-state index contributed by atoms with van der Waals surface area (Å²) in [6.07, 6.45) is 3.51. The summed E-state index contributed by atoms with van der Waals surface area (Å²) in [4.78, 5) is 0.321. The largest absolute Gasteiger partial charge is 0.397 e. The van der Waals surface area contributed by atoms with Gasteiger partial charge in [0.25, 0.3) is 0 Å². The molecule has 1 saturated carbocycles. The number of hydrogen-bond acceptors (Lipinski definition) is 3. The lowest BCUT2D eigenvalue weighted by Gasteiger charge is -2.26. The Bertz CT molecular complexity index is 529. The predicted molar refractivity (Wildman–Crippen MR) is 74.2 cm³/mol. The third kappa shape index (κ3) is 2.39. The average Bonchev–Trinajstić information content (AvgIpc) is 2.33. The highest BCUT2D eigenvalue weighted by atomic mass is 32.2. The smallest absolute Gasteiger partial charge is 0.183 e. The van der Waals surface area contributed by atoms with Gasteiger partial charge in [-0.25, -0.2) is 8.42 Å². The van der Waals surface area contributed by atoms with Crippen molar-refractivity contribution in [3.63, 3.8) is 0 Å². The van der Waals surface area contributed by atoms with Gasteiger partial charge in [0.15, 0.2) is 9.84 Å². The number of sulfone groups is 1. The van der Waals surface area contributed by atoms with Gasteiger partial charge in [-0.15, -0.1) is 0 Å². The van der Waals surface area contributed by atoms with Crippen molar-refractivity contribution in [1.82, 2.24) is 0 Å². The van der Waals surface area contributed by atoms with Crippen LogP contribution >= 0.6 is 0 Å². The molecule has 0 unspecified atom stereocenters. The maximum atomic E-state index is 12.6. The van der Waals surface area contributed by atoms with Crippen LogP contribution < -0.4 is 5.73 Å². The second-order valence-corrected chi connectivity index (χ2v) is 7.61. The third-order valence-corrected chi connectivity index (χ3v) is 6.31. The number of rotatable bonds is 2. The summed E-state index contributed by atoms with van der Waals surface area (Å²) in [6.45, 7) is 4.03. The zero-order valence-electron chi connectivity index (χ0n) is 11.0. The Morgan fingerprint density at radius 1 is 1.17 bits per heavy atom. The Balaban J connectivity index is 2.34. The first-order chi connectivity index (χ1) is 8.43. The summed E-state index contributed by atoms with van der Waals surface area (Å²) < 4.78 is 25.2. The standard InChI is InChI=1S/C14H21NO2S/c1-10-6-8-12(9-7-10)18(16,17)13-5-3-4-11(2)14(13)15/h3-5,10,12H,6-9,15H2,1-2H3. The van der Waals surface area contributed by atoms with Crippen LogP contribution in [0.4, 0.5) is 5.69 Å². The molecule has 100 valence electrons. The Hall–Kier alpha value is -1.03. The molecule has 0 atom stereocenters. The van der Waals surface area contributed by atoms with Crippen molar-refractivity contribution in [3.8, 4) is 0 Å². The van der Waals surface area contributed by atoms with E-state index in [2.05, 4.69) is 6.92 Å². The lowest BCUT2D eigenvalue weighted by atomic mass is 9.91. The first-order valence-electron chi connectivity index (χ1n) is 6.52. The molecule has 1 aromatic carbocycles. The van der Waals surface area contributed by atoms with E-state index in [9.17, 15) is 8.42 Å². The van der Waals surface area contributed by atoms with Crippen molar-refractivity contribution in [3.05, 3.63) is 23.8 Å². The van der Waals surface area contributed by atoms with Crippen molar-refractivity contribution in [2.45, 2.75) is 49.7 Å². The van der Waals surface area contributed by atoms with Gasteiger partial charge in [0.1, 0.15) is 0 Å². The molecular weight excluding hydrogens is 246 g/mol. The topological polar surface area (TPSA) is 60.2 Å². The van der Waals surface area contributed by atoms with Crippen LogP contribution in [0.15, 0.2) is 23.1 Å². The molecule has 0 heterocycles. The second-order valence-electron chi connectivity index (χ2n) is 5.41. The van der Waals surface area contributed by atoms with Crippen LogP contribution in [0.25, 0.3) is 0 Å². The van der Waals surface area contributed by atoms with Gasteiger partial charge in [-0.1, -0.05) is 19.1 Å². The summed E-state index contributed by atoms with van der Waals surface area (Å²) in [5, 5.41) is -0.252. The Morgan fingerprint density at radius 2 is 1.78 bits per heavy atom. The van der Waals surface area contributed by atoms with Gasteiger partial charge in [0.2, 0.25) is 0 Å². The molecule has 1 aromatic rings. The number of para-hydroxylation sites is 1. The number of benzene rings is 1. The van der Waals surface area contributed by atoms with Gasteiger partial charge >= 0.3 is 0 Å². The van der Waals surface area contributed by atoms with E-state index < -0.39 is 9.84 Å². The van der Waals surface area contributed by atoms with E-state index in [4.69, 9.17) is 5.73 Å². The Labute approximate surface area is 109 Å². The molecule has 0 bridgehead atoms. The molecule has 2 N–H and O–H groups in total. The monoisotopic (exact) mass is 267 g/mol. The summed E-state index contributed by atoms with van der Waals surface area (Å²) >= 11 is 0. The van der Waals surface area contributed by atoms with Gasteiger partial charge in [-0.3, -0.25) is 0 Å². The van der Waals surface area contributed by atoms with Gasteiger partial charge in [0.05, 0.1) is 15.8 Å². The summed E-state index contributed by atoms with van der Waals surface area (Å²) in [5.74, 6) is 0.645. The molecule has 4 heteroatoms. The van der Waals surface area contributed by atoms with Crippen molar-refractivity contribution < 1.29 is 8.42 Å². The molecule has 0 radical (unpaired) electrons. The van der Waals surface area contributed by atoms with Crippen LogP contribution in [0.1, 0.15) is 38.2 Å². The zero-order chi connectivity index (χ0) is 13.3. The normalized spacial score (nSPS) is 25.0. The minimum Gasteiger partial charge on any atom is -0.397 e. The maximum absolute atomic E-state index is 12.6. The van der Waals surface area contributed by atoms with Gasteiger partial charge in [-0.05, 0) is 50.2 Å². The molecule has 0 aliphatic heterocycles. The van der Waals surface area contributed by atoms with Crippen LogP contribution in [0.3, 0.4) is 0 Å². The van der Waals surface area contributed by atoms with Gasteiger partial charge in [0, 0.05) is 0 Å². The molecule has 1 aliphatic carbocycles. The van der Waals surface area contributed by atoms with E-state index in [-0.39, 0.29) is 5.25 Å². The van der Waals surface area contributed by atoms with E-state index in [1.54, 1.807) is 12.1 Å². The van der Waals surface area contributed by atoms with E-state index in [0.717, 1.165) is 31.2 Å². The molecule has 0 amide bonds. The van der Waals surface area contributed by atoms with Crippen molar-refractivity contribution >= 4 is 15.5 Å². The first kappa shape index (κ1) is 13.4. The minimum atomic E-state index is -3.26. The highest BCUT2D eigenvalue weighted by molar-refractivity contribution is 7.92. The fraction of sp³-hybridized carbons (Fsp3) is 0.571. The molecule has 2 rings (SSSR count). The van der Waals surface area contributed by atoms with Gasteiger partial charge < -0.3 is 5.73 Å². The number of anilines is 1. The maximum Gasteiger partial charge on any atom is 0.183 e. The van der Waals surface area contributed by atoms with E-state index in [0.29, 0.717) is 16.5 Å². The van der Waals surface area contributed by atoms with E-state index in [1.807, 2.05) is 13.0 Å². The van der Waals surface area contributed by atoms with Crippen LogP contribution in [-0.4, -0.2) is 13.7 Å². The fourth-order valence-corrected chi connectivity index (χ4v) is 4.61. The highest BCUT2D eigenvalue weighted by Crippen LogP contribution is 2.34. The molecule has 3 nitrogen and oxygen atoms in total. The number of nitrogen functional groups attached to an aromatic ring is 1. The molecule has 0 aromatic heterocycles. The lowest BCUT2D eigenvalue weighted by molar-refractivity contribution is 0.382. The van der Waals surface area contributed by atoms with Crippen molar-refractivity contribution in [2.75, 3.05) is 5.73 Å². The second kappa shape index (κ2) is 4.92. The third-order valence-electron chi connectivity index (χ3n) is 3.99. The molecule has 0 saturated heterocycles.